The van der Waals surface area contributed by atoms with Crippen LogP contribution in [-0.2, 0) is 16.1 Å². The van der Waals surface area contributed by atoms with Crippen LogP contribution in [0.5, 0.6) is 0 Å². The number of nitrogens with zero attached hydrogens (tertiary/aromatic N) is 2. The number of aryl methyl sites for hydroxylation is 1. The second-order valence-corrected chi connectivity index (χ2v) is 5.99. The predicted octanol–water partition coefficient (Wildman–Crippen LogP) is 2.68. The van der Waals surface area contributed by atoms with E-state index in [1.165, 1.54) is 4.88 Å². The Morgan fingerprint density at radius 2 is 2.16 bits per heavy atom. The third-order valence-corrected chi connectivity index (χ3v) is 4.35. The molecule has 5 heteroatoms. The molecule has 1 aromatic heterocycles. The summed E-state index contributed by atoms with van der Waals surface area (Å²) in [6.45, 7) is 9.51. The third-order valence-electron chi connectivity index (χ3n) is 3.26. The number of hydrogen-bond acceptors (Lipinski definition) is 3. The summed E-state index contributed by atoms with van der Waals surface area (Å²) in [6, 6.07) is 0. The molecule has 0 N–H and O–H groups in total. The quantitative estimate of drug-likeness (QED) is 0.806. The van der Waals surface area contributed by atoms with Crippen LogP contribution in [0.2, 0.25) is 0 Å². The fourth-order valence-corrected chi connectivity index (χ4v) is 2.90. The number of amides is 1. The average Bonchev–Trinajstić information content (AvgIpc) is 2.63. The van der Waals surface area contributed by atoms with Gasteiger partial charge in [0.15, 0.2) is 4.80 Å². The largest absolute Gasteiger partial charge is 0.383 e. The number of thiazole rings is 1. The first kappa shape index (κ1) is 16.1. The van der Waals surface area contributed by atoms with Crippen LogP contribution in [0.25, 0.3) is 0 Å². The van der Waals surface area contributed by atoms with Crippen LogP contribution in [0.15, 0.2) is 4.99 Å². The molecule has 0 bridgehead atoms. The van der Waals surface area contributed by atoms with Crippen molar-refractivity contribution in [3.05, 3.63) is 15.4 Å². The minimum absolute atomic E-state index is 0.00332. The Morgan fingerprint density at radius 3 is 2.74 bits per heavy atom. The van der Waals surface area contributed by atoms with Gasteiger partial charge in [-0.1, -0.05) is 20.3 Å². The fourth-order valence-electron chi connectivity index (χ4n) is 1.89. The van der Waals surface area contributed by atoms with Crippen LogP contribution in [0, 0.1) is 19.8 Å². The fraction of sp³-hybridized carbons (Fsp3) is 0.714. The lowest BCUT2D eigenvalue weighted by atomic mass is 10.1. The highest BCUT2D eigenvalue weighted by Crippen LogP contribution is 2.11. The molecule has 19 heavy (non-hydrogen) atoms. The van der Waals surface area contributed by atoms with E-state index < -0.39 is 0 Å². The molecule has 0 aliphatic heterocycles. The highest BCUT2D eigenvalue weighted by molar-refractivity contribution is 7.09. The van der Waals surface area contributed by atoms with Gasteiger partial charge in [0.2, 0.25) is 0 Å². The molecule has 1 aromatic rings. The molecular formula is C14H24N2O2S. The summed E-state index contributed by atoms with van der Waals surface area (Å²) in [7, 11) is 1.68. The summed E-state index contributed by atoms with van der Waals surface area (Å²) in [5.41, 5.74) is 1.16. The van der Waals surface area contributed by atoms with Gasteiger partial charge in [0.05, 0.1) is 6.61 Å². The van der Waals surface area contributed by atoms with Gasteiger partial charge in [0.25, 0.3) is 5.91 Å². The van der Waals surface area contributed by atoms with Gasteiger partial charge in [-0.3, -0.25) is 4.79 Å². The van der Waals surface area contributed by atoms with Crippen LogP contribution < -0.4 is 4.80 Å². The SMILES string of the molecule is CCCC(C)C(=O)/N=c1\sc(C)c(C)n1CCOC. The van der Waals surface area contributed by atoms with Crippen molar-refractivity contribution < 1.29 is 9.53 Å². The molecule has 1 unspecified atom stereocenters. The molecule has 0 aromatic carbocycles. The van der Waals surface area contributed by atoms with Crippen molar-refractivity contribution in [3.63, 3.8) is 0 Å². The van der Waals surface area contributed by atoms with Gasteiger partial charge in [-0.15, -0.1) is 11.3 Å². The molecule has 108 valence electrons. The standard InChI is InChI=1S/C14H24N2O2S/c1-6-7-10(2)13(17)15-14-16(8-9-18-5)11(3)12(4)19-14/h10H,6-9H2,1-5H3/b15-14-. The van der Waals surface area contributed by atoms with Crippen LogP contribution >= 0.6 is 11.3 Å². The van der Waals surface area contributed by atoms with Gasteiger partial charge in [0.1, 0.15) is 0 Å². The van der Waals surface area contributed by atoms with E-state index in [9.17, 15) is 4.79 Å². The Bertz CT molecular complexity index is 488. The highest BCUT2D eigenvalue weighted by Gasteiger charge is 2.12. The van der Waals surface area contributed by atoms with E-state index >= 15 is 0 Å². The summed E-state index contributed by atoms with van der Waals surface area (Å²) >= 11 is 1.58. The minimum Gasteiger partial charge on any atom is -0.383 e. The zero-order valence-corrected chi connectivity index (χ0v) is 13.3. The molecule has 1 amide bonds. The summed E-state index contributed by atoms with van der Waals surface area (Å²) in [5.74, 6) is -0.0159. The Hall–Kier alpha value is -0.940. The van der Waals surface area contributed by atoms with E-state index in [1.807, 2.05) is 6.92 Å². The number of carbonyl (C=O) groups is 1. The van der Waals surface area contributed by atoms with Crippen LogP contribution in [0.1, 0.15) is 37.3 Å². The lowest BCUT2D eigenvalue weighted by molar-refractivity contribution is -0.121. The Kier molecular flexibility index (Phi) is 6.45. The molecule has 1 atom stereocenters. The van der Waals surface area contributed by atoms with Crippen LogP contribution in [0.4, 0.5) is 0 Å². The molecule has 0 saturated carbocycles. The molecule has 1 heterocycles. The summed E-state index contributed by atoms with van der Waals surface area (Å²) < 4.78 is 7.18. The van der Waals surface area contributed by atoms with Crippen molar-refractivity contribution in [3.8, 4) is 0 Å². The van der Waals surface area contributed by atoms with Gasteiger partial charge in [-0.25, -0.2) is 0 Å². The first-order chi connectivity index (χ1) is 9.01. The van der Waals surface area contributed by atoms with E-state index in [1.54, 1.807) is 18.4 Å². The van der Waals surface area contributed by atoms with Crippen molar-refractivity contribution in [1.29, 1.82) is 0 Å². The molecule has 4 nitrogen and oxygen atoms in total. The van der Waals surface area contributed by atoms with E-state index in [0.717, 1.165) is 29.9 Å². The van der Waals surface area contributed by atoms with Gasteiger partial charge in [0, 0.05) is 30.1 Å². The molecule has 1 rings (SSSR count). The number of aromatic nitrogens is 1. The van der Waals surface area contributed by atoms with E-state index in [2.05, 4.69) is 30.3 Å². The average molecular weight is 284 g/mol. The summed E-state index contributed by atoms with van der Waals surface area (Å²) in [4.78, 5) is 18.3. The molecule has 0 aliphatic rings. The number of carbonyl (C=O) groups excluding carboxylic acids is 1. The van der Waals surface area contributed by atoms with Gasteiger partial charge in [-0.05, 0) is 20.3 Å². The summed E-state index contributed by atoms with van der Waals surface area (Å²) in [6.07, 6.45) is 1.90. The van der Waals surface area contributed by atoms with Gasteiger partial charge in [-0.2, -0.15) is 4.99 Å². The van der Waals surface area contributed by atoms with Gasteiger partial charge >= 0.3 is 0 Å². The first-order valence-corrected chi connectivity index (χ1v) is 7.57. The predicted molar refractivity (Wildman–Crippen MR) is 78.3 cm³/mol. The zero-order valence-electron chi connectivity index (χ0n) is 12.5. The lowest BCUT2D eigenvalue weighted by Gasteiger charge is -2.06. The topological polar surface area (TPSA) is 43.6 Å². The van der Waals surface area contributed by atoms with Crippen molar-refractivity contribution in [2.45, 2.75) is 47.1 Å². The second-order valence-electron chi connectivity index (χ2n) is 4.81. The highest BCUT2D eigenvalue weighted by atomic mass is 32.1. The molecule has 0 radical (unpaired) electrons. The Morgan fingerprint density at radius 1 is 1.47 bits per heavy atom. The number of ether oxygens (including phenoxy) is 1. The normalized spacial score (nSPS) is 13.8. The summed E-state index contributed by atoms with van der Waals surface area (Å²) in [5, 5.41) is 0. The Balaban J connectivity index is 3.04. The maximum atomic E-state index is 12.0. The van der Waals surface area contributed by atoms with Crippen molar-refractivity contribution >= 4 is 17.2 Å². The van der Waals surface area contributed by atoms with Crippen LogP contribution in [-0.4, -0.2) is 24.2 Å². The van der Waals surface area contributed by atoms with Crippen molar-refractivity contribution in [2.75, 3.05) is 13.7 Å². The smallest absolute Gasteiger partial charge is 0.251 e. The molecular weight excluding hydrogens is 260 g/mol. The molecule has 0 spiro atoms. The van der Waals surface area contributed by atoms with E-state index in [4.69, 9.17) is 4.74 Å². The molecule has 0 saturated heterocycles. The zero-order chi connectivity index (χ0) is 14.4. The van der Waals surface area contributed by atoms with Gasteiger partial charge < -0.3 is 9.30 Å². The first-order valence-electron chi connectivity index (χ1n) is 6.75. The number of methoxy groups -OCH3 is 1. The number of rotatable bonds is 6. The van der Waals surface area contributed by atoms with Crippen molar-refractivity contribution in [2.24, 2.45) is 10.9 Å². The Labute approximate surface area is 119 Å². The van der Waals surface area contributed by atoms with Crippen molar-refractivity contribution in [1.82, 2.24) is 4.57 Å². The minimum atomic E-state index is -0.0192. The van der Waals surface area contributed by atoms with E-state index in [0.29, 0.717) is 6.61 Å². The molecule has 0 aliphatic carbocycles. The third kappa shape index (κ3) is 4.28. The van der Waals surface area contributed by atoms with E-state index in [-0.39, 0.29) is 11.8 Å². The maximum Gasteiger partial charge on any atom is 0.251 e. The molecule has 0 fully saturated rings. The number of hydrogen-bond donors (Lipinski definition) is 0. The maximum absolute atomic E-state index is 12.0. The second kappa shape index (κ2) is 7.60. The monoisotopic (exact) mass is 284 g/mol. The lowest BCUT2D eigenvalue weighted by Crippen LogP contribution is -2.22. The van der Waals surface area contributed by atoms with Crippen LogP contribution in [0.3, 0.4) is 0 Å².